The van der Waals surface area contributed by atoms with Crippen LogP contribution in [0.25, 0.3) is 11.3 Å². The van der Waals surface area contributed by atoms with Crippen LogP contribution in [-0.2, 0) is 6.61 Å². The number of nitrogens with one attached hydrogen (secondary N) is 1. The largest absolute Gasteiger partial charge is 0.507 e. The molecule has 4 heterocycles. The van der Waals surface area contributed by atoms with Crippen LogP contribution in [0, 0.1) is 0 Å². The summed E-state index contributed by atoms with van der Waals surface area (Å²) in [5.41, 5.74) is 2.85. The molecule has 0 radical (unpaired) electrons. The Labute approximate surface area is 174 Å². The number of benzene rings is 1. The van der Waals surface area contributed by atoms with Gasteiger partial charge in [-0.3, -0.25) is 0 Å². The predicted octanol–water partition coefficient (Wildman–Crippen LogP) is 2.58. The first-order valence-electron chi connectivity index (χ1n) is 9.96. The van der Waals surface area contributed by atoms with Crippen LogP contribution in [0.4, 0.5) is 11.5 Å². The van der Waals surface area contributed by atoms with Crippen molar-refractivity contribution >= 4 is 11.5 Å². The number of para-hydroxylation sites is 1. The van der Waals surface area contributed by atoms with E-state index in [1.54, 1.807) is 24.4 Å². The average molecular weight is 405 g/mol. The summed E-state index contributed by atoms with van der Waals surface area (Å²) < 4.78 is 6.14. The van der Waals surface area contributed by atoms with Gasteiger partial charge in [-0.25, -0.2) is 4.98 Å². The number of ether oxygens (including phenoxy) is 1. The number of phenols is 1. The zero-order valence-electron chi connectivity index (χ0n) is 16.6. The highest BCUT2D eigenvalue weighted by Gasteiger charge is 2.46. The molecule has 0 saturated carbocycles. The van der Waals surface area contributed by atoms with Crippen LogP contribution in [0.15, 0.2) is 48.7 Å². The Morgan fingerprint density at radius 3 is 2.87 bits per heavy atom. The standard InChI is InChI=1S/C22H23N5O3/c1-22-9-15(30-20-7-6-14(12-28)10-23-20)11-27(22)18-8-17(25-26-21(18)24-13-22)16-4-2-3-5-19(16)29/h2-8,10,15,28-29H,9,11-13H2,1H3,(H,24,26)/t15-,22+/m1/s1. The molecule has 0 aliphatic carbocycles. The zero-order chi connectivity index (χ0) is 20.7. The van der Waals surface area contributed by atoms with E-state index in [0.717, 1.165) is 30.0 Å². The van der Waals surface area contributed by atoms with Crippen LogP contribution >= 0.6 is 0 Å². The molecular weight excluding hydrogens is 382 g/mol. The lowest BCUT2D eigenvalue weighted by Gasteiger charge is -2.41. The van der Waals surface area contributed by atoms with Gasteiger partial charge in [-0.2, -0.15) is 0 Å². The van der Waals surface area contributed by atoms with Crippen molar-refractivity contribution in [2.24, 2.45) is 0 Å². The maximum Gasteiger partial charge on any atom is 0.213 e. The van der Waals surface area contributed by atoms with Gasteiger partial charge in [-0.1, -0.05) is 12.1 Å². The highest BCUT2D eigenvalue weighted by atomic mass is 16.5. The molecule has 0 unspecified atom stereocenters. The second-order valence-corrected chi connectivity index (χ2v) is 8.05. The molecule has 1 aromatic carbocycles. The summed E-state index contributed by atoms with van der Waals surface area (Å²) in [5, 5.41) is 31.4. The molecule has 8 nitrogen and oxygen atoms in total. The fraction of sp³-hybridized carbons (Fsp3) is 0.318. The quantitative estimate of drug-likeness (QED) is 0.609. The Morgan fingerprint density at radius 1 is 1.23 bits per heavy atom. The maximum absolute atomic E-state index is 10.2. The lowest BCUT2D eigenvalue weighted by molar-refractivity contribution is 0.205. The van der Waals surface area contributed by atoms with Crippen molar-refractivity contribution in [3.8, 4) is 22.9 Å². The summed E-state index contributed by atoms with van der Waals surface area (Å²) in [6.07, 6.45) is 2.43. The minimum atomic E-state index is -0.137. The van der Waals surface area contributed by atoms with Crippen molar-refractivity contribution in [3.63, 3.8) is 0 Å². The summed E-state index contributed by atoms with van der Waals surface area (Å²) in [5.74, 6) is 1.47. The third-order valence-electron chi connectivity index (χ3n) is 5.85. The van der Waals surface area contributed by atoms with Crippen LogP contribution in [-0.4, -0.2) is 50.1 Å². The molecule has 2 aliphatic heterocycles. The van der Waals surface area contributed by atoms with Gasteiger partial charge in [0.15, 0.2) is 5.82 Å². The van der Waals surface area contributed by atoms with Crippen LogP contribution < -0.4 is 15.0 Å². The number of aromatic nitrogens is 3. The molecule has 1 saturated heterocycles. The van der Waals surface area contributed by atoms with E-state index in [2.05, 4.69) is 32.3 Å². The number of anilines is 2. The highest BCUT2D eigenvalue weighted by Crippen LogP contribution is 2.43. The van der Waals surface area contributed by atoms with Crippen molar-refractivity contribution in [1.82, 2.24) is 15.2 Å². The molecular formula is C22H23N5O3. The molecule has 30 heavy (non-hydrogen) atoms. The van der Waals surface area contributed by atoms with Crippen molar-refractivity contribution in [1.29, 1.82) is 0 Å². The van der Waals surface area contributed by atoms with Gasteiger partial charge < -0.3 is 25.2 Å². The zero-order valence-corrected chi connectivity index (χ0v) is 16.6. The van der Waals surface area contributed by atoms with Crippen molar-refractivity contribution in [2.75, 3.05) is 23.3 Å². The number of aromatic hydroxyl groups is 1. The molecule has 2 aliphatic rings. The molecule has 1 fully saturated rings. The molecule has 2 aromatic heterocycles. The average Bonchev–Trinajstić information content (AvgIpc) is 3.11. The minimum absolute atomic E-state index is 0.0306. The number of pyridine rings is 1. The van der Waals surface area contributed by atoms with Crippen molar-refractivity contribution in [2.45, 2.75) is 31.6 Å². The van der Waals surface area contributed by atoms with E-state index in [-0.39, 0.29) is 24.0 Å². The van der Waals surface area contributed by atoms with Gasteiger partial charge in [0.05, 0.1) is 30.1 Å². The van der Waals surface area contributed by atoms with Crippen LogP contribution in [0.5, 0.6) is 11.6 Å². The summed E-state index contributed by atoms with van der Waals surface area (Å²) in [6, 6.07) is 12.7. The number of fused-ring (bicyclic) bond motifs is 3. The van der Waals surface area contributed by atoms with E-state index in [4.69, 9.17) is 4.74 Å². The first-order chi connectivity index (χ1) is 14.6. The van der Waals surface area contributed by atoms with E-state index in [0.29, 0.717) is 23.7 Å². The topological polar surface area (TPSA) is 104 Å². The van der Waals surface area contributed by atoms with E-state index >= 15 is 0 Å². The molecule has 8 heteroatoms. The molecule has 0 amide bonds. The van der Waals surface area contributed by atoms with Gasteiger partial charge >= 0.3 is 0 Å². The van der Waals surface area contributed by atoms with Crippen LogP contribution in [0.1, 0.15) is 18.9 Å². The summed E-state index contributed by atoms with van der Waals surface area (Å²) >= 11 is 0. The molecule has 154 valence electrons. The Balaban J connectivity index is 1.43. The monoisotopic (exact) mass is 405 g/mol. The van der Waals surface area contributed by atoms with Gasteiger partial charge in [0.1, 0.15) is 11.9 Å². The number of hydrogen-bond donors (Lipinski definition) is 3. The molecule has 0 bridgehead atoms. The summed E-state index contributed by atoms with van der Waals surface area (Å²) in [6.45, 7) is 3.60. The van der Waals surface area contributed by atoms with Crippen LogP contribution in [0.3, 0.4) is 0 Å². The Hall–Kier alpha value is -3.39. The highest BCUT2D eigenvalue weighted by molar-refractivity contribution is 5.77. The van der Waals surface area contributed by atoms with E-state index < -0.39 is 0 Å². The number of hydrogen-bond acceptors (Lipinski definition) is 8. The predicted molar refractivity (Wildman–Crippen MR) is 113 cm³/mol. The maximum atomic E-state index is 10.2. The fourth-order valence-corrected chi connectivity index (χ4v) is 4.28. The van der Waals surface area contributed by atoms with Crippen molar-refractivity contribution < 1.29 is 14.9 Å². The Bertz CT molecular complexity index is 1070. The van der Waals surface area contributed by atoms with Gasteiger partial charge in [-0.15, -0.1) is 10.2 Å². The summed E-state index contributed by atoms with van der Waals surface area (Å²) in [7, 11) is 0. The molecule has 5 rings (SSSR count). The van der Waals surface area contributed by atoms with Gasteiger partial charge in [-0.05, 0) is 36.8 Å². The Morgan fingerprint density at radius 2 is 2.10 bits per heavy atom. The van der Waals surface area contributed by atoms with E-state index in [1.807, 2.05) is 24.3 Å². The van der Waals surface area contributed by atoms with Crippen LogP contribution in [0.2, 0.25) is 0 Å². The van der Waals surface area contributed by atoms with Gasteiger partial charge in [0.2, 0.25) is 5.88 Å². The molecule has 3 N–H and O–H groups in total. The normalized spacial score (nSPS) is 22.2. The second kappa shape index (κ2) is 7.14. The fourth-order valence-electron chi connectivity index (χ4n) is 4.28. The lowest BCUT2D eigenvalue weighted by Crippen LogP contribution is -2.50. The molecule has 3 aromatic rings. The number of rotatable bonds is 4. The first-order valence-corrected chi connectivity index (χ1v) is 9.96. The number of aliphatic hydroxyl groups is 1. The van der Waals surface area contributed by atoms with Gasteiger partial charge in [0.25, 0.3) is 0 Å². The summed E-state index contributed by atoms with van der Waals surface area (Å²) in [4.78, 5) is 6.60. The van der Waals surface area contributed by atoms with E-state index in [1.165, 1.54) is 0 Å². The second-order valence-electron chi connectivity index (χ2n) is 8.05. The third-order valence-corrected chi connectivity index (χ3v) is 5.85. The molecule has 0 spiro atoms. The smallest absolute Gasteiger partial charge is 0.213 e. The van der Waals surface area contributed by atoms with Gasteiger partial charge in [0, 0.05) is 30.8 Å². The number of aliphatic hydroxyl groups excluding tert-OH is 1. The molecule has 2 atom stereocenters. The first kappa shape index (κ1) is 18.6. The lowest BCUT2D eigenvalue weighted by atomic mass is 9.95. The van der Waals surface area contributed by atoms with Crippen molar-refractivity contribution in [3.05, 3.63) is 54.2 Å². The number of nitrogens with zero attached hydrogens (tertiary/aromatic N) is 4. The Kier molecular flexibility index (Phi) is 4.43. The minimum Gasteiger partial charge on any atom is -0.507 e. The van der Waals surface area contributed by atoms with E-state index in [9.17, 15) is 10.2 Å². The SMILES string of the molecule is C[C@]12CNc3nnc(-c4ccccc4O)cc3N1C[C@H](Oc1ccc(CO)cn1)C2. The number of phenolic OH excluding ortho intramolecular Hbond substituents is 1. The third kappa shape index (κ3) is 3.19.